The molecule has 33 heavy (non-hydrogen) atoms. The van der Waals surface area contributed by atoms with Gasteiger partial charge in [0.2, 0.25) is 5.91 Å². The van der Waals surface area contributed by atoms with Gasteiger partial charge < -0.3 is 20.9 Å². The number of para-hydroxylation sites is 1. The van der Waals surface area contributed by atoms with Crippen LogP contribution in [0.1, 0.15) is 10.4 Å². The molecule has 2 aromatic heterocycles. The fraction of sp³-hybridized carbons (Fsp3) is 0.292. The Morgan fingerprint density at radius 3 is 2.36 bits per heavy atom. The maximum atomic E-state index is 12.1. The summed E-state index contributed by atoms with van der Waals surface area (Å²) in [5, 5.41) is 7.40. The number of carbonyl (C=O) groups excluding carboxylic acids is 1. The van der Waals surface area contributed by atoms with Gasteiger partial charge in [-0.25, -0.2) is 15.0 Å². The highest BCUT2D eigenvalue weighted by Gasteiger charge is 2.29. The minimum atomic E-state index is -0.501. The fourth-order valence-electron chi connectivity index (χ4n) is 3.93. The number of benzene rings is 1. The van der Waals surface area contributed by atoms with Gasteiger partial charge in [-0.05, 0) is 43.4 Å². The van der Waals surface area contributed by atoms with Crippen molar-refractivity contribution in [3.8, 4) is 0 Å². The first-order valence-corrected chi connectivity index (χ1v) is 11.2. The van der Waals surface area contributed by atoms with Crippen LogP contribution in [0.15, 0.2) is 60.8 Å². The van der Waals surface area contributed by atoms with E-state index in [2.05, 4.69) is 38.2 Å². The van der Waals surface area contributed by atoms with Gasteiger partial charge in [-0.2, -0.15) is 0 Å². The Balaban J connectivity index is 1.40. The lowest BCUT2D eigenvalue weighted by molar-refractivity contribution is 0.1000. The maximum Gasteiger partial charge on any atom is 0.248 e. The second-order valence-electron chi connectivity index (χ2n) is 8.38. The van der Waals surface area contributed by atoms with Crippen molar-refractivity contribution in [3.05, 3.63) is 66.4 Å². The molecule has 2 fully saturated rings. The first-order valence-electron chi connectivity index (χ1n) is 11.2. The smallest absolute Gasteiger partial charge is 0.248 e. The van der Waals surface area contributed by atoms with Crippen LogP contribution < -0.4 is 21.0 Å². The highest BCUT2D eigenvalue weighted by molar-refractivity contribution is 5.94. The average Bonchev–Trinajstić information content (AvgIpc) is 3.66. The van der Waals surface area contributed by atoms with Gasteiger partial charge in [-0.3, -0.25) is 9.80 Å². The highest BCUT2D eigenvalue weighted by Crippen LogP contribution is 2.31. The predicted molar refractivity (Wildman–Crippen MR) is 130 cm³/mol. The highest BCUT2D eigenvalue weighted by atomic mass is 16.1. The first kappa shape index (κ1) is 21.2. The van der Waals surface area contributed by atoms with E-state index in [0.717, 1.165) is 50.6 Å². The zero-order valence-corrected chi connectivity index (χ0v) is 18.7. The van der Waals surface area contributed by atoms with Crippen LogP contribution in [0, 0.1) is 0 Å². The molecule has 170 valence electrons. The van der Waals surface area contributed by atoms with Crippen LogP contribution in [0.3, 0.4) is 0 Å². The SMILES string of the molecule is CN1CCN(c2ccc(Nc3cc(C(N)=O)cc(N(c4ccccc4)N4CC4)n3)nc2)CC1. The number of hydrogen-bond acceptors (Lipinski definition) is 8. The molecule has 5 rings (SSSR count). The molecular formula is C24H28N8O. The molecule has 0 spiro atoms. The molecule has 1 aromatic carbocycles. The Morgan fingerprint density at radius 2 is 1.73 bits per heavy atom. The summed E-state index contributed by atoms with van der Waals surface area (Å²) in [7, 11) is 2.14. The lowest BCUT2D eigenvalue weighted by atomic mass is 10.2. The number of carbonyl (C=O) groups is 1. The molecule has 0 saturated carbocycles. The number of anilines is 5. The molecule has 0 aliphatic carbocycles. The number of nitrogens with two attached hydrogens (primary N) is 1. The van der Waals surface area contributed by atoms with Crippen LogP contribution in [0.25, 0.3) is 0 Å². The minimum Gasteiger partial charge on any atom is -0.368 e. The van der Waals surface area contributed by atoms with Crippen LogP contribution in [0.5, 0.6) is 0 Å². The largest absolute Gasteiger partial charge is 0.368 e. The first-order chi connectivity index (χ1) is 16.1. The number of rotatable bonds is 7. The van der Waals surface area contributed by atoms with Gasteiger partial charge in [-0.15, -0.1) is 0 Å². The molecule has 0 radical (unpaired) electrons. The van der Waals surface area contributed by atoms with E-state index in [9.17, 15) is 4.79 Å². The summed E-state index contributed by atoms with van der Waals surface area (Å²) in [5.41, 5.74) is 8.10. The van der Waals surface area contributed by atoms with Gasteiger partial charge >= 0.3 is 0 Å². The third kappa shape index (κ3) is 4.89. The Labute approximate surface area is 193 Å². The second-order valence-corrected chi connectivity index (χ2v) is 8.38. The third-order valence-electron chi connectivity index (χ3n) is 5.89. The number of nitrogens with one attached hydrogen (secondary N) is 1. The topological polar surface area (TPSA) is 93.6 Å². The molecule has 4 heterocycles. The quantitative estimate of drug-likeness (QED) is 0.537. The standard InChI is InChI=1S/C24H28N8O/c1-29-9-11-30(12-10-29)20-7-8-21(26-17-20)27-22-15-18(24(25)33)16-23(28-22)32(31-13-14-31)19-5-3-2-4-6-19/h2-8,15-17H,9-14H2,1H3,(H2,25,33)(H,26,27,28). The lowest BCUT2D eigenvalue weighted by Gasteiger charge is -2.33. The van der Waals surface area contributed by atoms with Crippen LogP contribution in [0.4, 0.5) is 28.8 Å². The molecule has 0 unspecified atom stereocenters. The molecular weight excluding hydrogens is 416 g/mol. The molecule has 2 aliphatic heterocycles. The van der Waals surface area contributed by atoms with Crippen LogP contribution in [-0.2, 0) is 0 Å². The van der Waals surface area contributed by atoms with Crippen molar-refractivity contribution in [2.75, 3.05) is 61.5 Å². The van der Waals surface area contributed by atoms with Crippen LogP contribution in [0.2, 0.25) is 0 Å². The number of piperazine rings is 1. The molecule has 3 aromatic rings. The Hall–Kier alpha value is -3.69. The summed E-state index contributed by atoms with van der Waals surface area (Å²) < 4.78 is 0. The lowest BCUT2D eigenvalue weighted by Crippen LogP contribution is -2.44. The van der Waals surface area contributed by atoms with E-state index in [1.165, 1.54) is 0 Å². The molecule has 0 bridgehead atoms. The van der Waals surface area contributed by atoms with Gasteiger partial charge in [0.15, 0.2) is 5.82 Å². The van der Waals surface area contributed by atoms with Crippen molar-refractivity contribution in [2.45, 2.75) is 0 Å². The molecule has 9 heteroatoms. The molecule has 3 N–H and O–H groups in total. The molecule has 2 saturated heterocycles. The summed E-state index contributed by atoms with van der Waals surface area (Å²) in [5.74, 6) is 1.31. The van der Waals surface area contributed by atoms with Gasteiger partial charge in [0, 0.05) is 44.8 Å². The molecule has 0 atom stereocenters. The number of pyridine rings is 2. The monoisotopic (exact) mass is 444 g/mol. The van der Waals surface area contributed by atoms with Gasteiger partial charge in [-0.1, -0.05) is 18.2 Å². The number of hydrogen-bond donors (Lipinski definition) is 2. The van der Waals surface area contributed by atoms with E-state index >= 15 is 0 Å². The van der Waals surface area contributed by atoms with Crippen molar-refractivity contribution in [1.29, 1.82) is 0 Å². The number of amides is 1. The number of primary amides is 1. The molecule has 2 aliphatic rings. The van der Waals surface area contributed by atoms with E-state index in [1.807, 2.05) is 47.6 Å². The second kappa shape index (κ2) is 9.05. The predicted octanol–water partition coefficient (Wildman–Crippen LogP) is 2.44. The Kier molecular flexibility index (Phi) is 5.80. The zero-order chi connectivity index (χ0) is 22.8. The van der Waals surface area contributed by atoms with Gasteiger partial charge in [0.1, 0.15) is 11.6 Å². The summed E-state index contributed by atoms with van der Waals surface area (Å²) in [6.07, 6.45) is 1.87. The number of aromatic nitrogens is 2. The number of hydrazine groups is 1. The van der Waals surface area contributed by atoms with E-state index in [-0.39, 0.29) is 0 Å². The normalized spacial score (nSPS) is 16.5. The van der Waals surface area contributed by atoms with Crippen molar-refractivity contribution in [1.82, 2.24) is 19.9 Å². The number of nitrogens with zero attached hydrogens (tertiary/aromatic N) is 6. The summed E-state index contributed by atoms with van der Waals surface area (Å²) >= 11 is 0. The van der Waals surface area contributed by atoms with Crippen LogP contribution >= 0.6 is 0 Å². The van der Waals surface area contributed by atoms with E-state index in [0.29, 0.717) is 23.0 Å². The Morgan fingerprint density at radius 1 is 0.970 bits per heavy atom. The summed E-state index contributed by atoms with van der Waals surface area (Å²) in [6, 6.07) is 17.4. The summed E-state index contributed by atoms with van der Waals surface area (Å²) in [6.45, 7) is 5.92. The van der Waals surface area contributed by atoms with Gasteiger partial charge in [0.25, 0.3) is 0 Å². The number of likely N-dealkylation sites (N-methyl/N-ethyl adjacent to an activating group) is 1. The van der Waals surface area contributed by atoms with E-state index in [1.54, 1.807) is 12.1 Å². The summed E-state index contributed by atoms with van der Waals surface area (Å²) in [4.78, 5) is 26.1. The van der Waals surface area contributed by atoms with Crippen LogP contribution in [-0.4, -0.2) is 72.1 Å². The van der Waals surface area contributed by atoms with E-state index in [4.69, 9.17) is 10.7 Å². The van der Waals surface area contributed by atoms with Crippen molar-refractivity contribution in [2.24, 2.45) is 5.73 Å². The van der Waals surface area contributed by atoms with Gasteiger partial charge in [0.05, 0.1) is 17.6 Å². The van der Waals surface area contributed by atoms with E-state index < -0.39 is 5.91 Å². The van der Waals surface area contributed by atoms with Crippen molar-refractivity contribution in [3.63, 3.8) is 0 Å². The maximum absolute atomic E-state index is 12.1. The molecule has 9 nitrogen and oxygen atoms in total. The Bertz CT molecular complexity index is 1110. The fourth-order valence-corrected chi connectivity index (χ4v) is 3.93. The average molecular weight is 445 g/mol. The molecule has 1 amide bonds. The minimum absolute atomic E-state index is 0.388. The van der Waals surface area contributed by atoms with Crippen molar-refractivity contribution < 1.29 is 4.79 Å². The van der Waals surface area contributed by atoms with Crippen molar-refractivity contribution >= 4 is 34.7 Å². The zero-order valence-electron chi connectivity index (χ0n) is 18.7. The third-order valence-corrected chi connectivity index (χ3v) is 5.89.